The molecular weight excluding hydrogens is 302 g/mol. The fourth-order valence-corrected chi connectivity index (χ4v) is 2.76. The van der Waals surface area contributed by atoms with Gasteiger partial charge in [-0.1, -0.05) is 0 Å². The number of amides is 1. The molecule has 0 unspecified atom stereocenters. The van der Waals surface area contributed by atoms with Crippen molar-refractivity contribution in [1.82, 2.24) is 4.98 Å². The topological polar surface area (TPSA) is 86.5 Å². The van der Waals surface area contributed by atoms with E-state index in [2.05, 4.69) is 10.3 Å². The van der Waals surface area contributed by atoms with Gasteiger partial charge in [0.25, 0.3) is 0 Å². The van der Waals surface area contributed by atoms with Crippen LogP contribution in [0.15, 0.2) is 23.6 Å². The standard InChI is InChI=1S/C15H17N3O3S/c1-20-11-4-3-9(7-12(11)21-2)10-8-22-14(17-10)18-13(19)15(16)5-6-15/h3-4,7-8H,5-6,16H2,1-2H3,(H,17,18,19). The quantitative estimate of drug-likeness (QED) is 0.883. The van der Waals surface area contributed by atoms with E-state index in [4.69, 9.17) is 15.2 Å². The third-order valence-corrected chi connectivity index (χ3v) is 4.40. The summed E-state index contributed by atoms with van der Waals surface area (Å²) in [4.78, 5) is 16.3. The maximum Gasteiger partial charge on any atom is 0.246 e. The zero-order valence-corrected chi connectivity index (χ0v) is 13.2. The summed E-state index contributed by atoms with van der Waals surface area (Å²) in [7, 11) is 3.18. The average molecular weight is 319 g/mol. The van der Waals surface area contributed by atoms with E-state index in [0.717, 1.165) is 24.1 Å². The zero-order valence-electron chi connectivity index (χ0n) is 12.4. The number of thiazole rings is 1. The summed E-state index contributed by atoms with van der Waals surface area (Å²) in [6.07, 6.45) is 1.46. The van der Waals surface area contributed by atoms with Crippen molar-refractivity contribution in [3.05, 3.63) is 23.6 Å². The Kier molecular flexibility index (Phi) is 3.76. The predicted molar refractivity (Wildman–Crippen MR) is 85.4 cm³/mol. The lowest BCUT2D eigenvalue weighted by Gasteiger charge is -2.08. The molecule has 1 heterocycles. The number of methoxy groups -OCH3 is 2. The lowest BCUT2D eigenvalue weighted by atomic mass is 10.1. The Bertz CT molecular complexity index is 710. The second kappa shape index (κ2) is 5.58. The van der Waals surface area contributed by atoms with Gasteiger partial charge in [0.15, 0.2) is 16.6 Å². The molecule has 2 aromatic rings. The maximum atomic E-state index is 11.9. The molecule has 1 aliphatic rings. The number of ether oxygens (including phenoxy) is 2. The summed E-state index contributed by atoms with van der Waals surface area (Å²) in [5, 5.41) is 5.20. The van der Waals surface area contributed by atoms with Gasteiger partial charge in [0.1, 0.15) is 0 Å². The van der Waals surface area contributed by atoms with Crippen LogP contribution in [-0.4, -0.2) is 30.6 Å². The van der Waals surface area contributed by atoms with Crippen LogP contribution in [0.5, 0.6) is 11.5 Å². The molecule has 1 amide bonds. The van der Waals surface area contributed by atoms with Crippen LogP contribution in [0.1, 0.15) is 12.8 Å². The molecule has 22 heavy (non-hydrogen) atoms. The van der Waals surface area contributed by atoms with Crippen LogP contribution < -0.4 is 20.5 Å². The number of hydrogen-bond donors (Lipinski definition) is 2. The summed E-state index contributed by atoms with van der Waals surface area (Å²) in [5.74, 6) is 1.13. The molecule has 0 radical (unpaired) electrons. The third-order valence-electron chi connectivity index (χ3n) is 3.64. The van der Waals surface area contributed by atoms with Crippen molar-refractivity contribution in [3.63, 3.8) is 0 Å². The van der Waals surface area contributed by atoms with E-state index in [0.29, 0.717) is 16.6 Å². The van der Waals surface area contributed by atoms with Gasteiger partial charge in [-0.3, -0.25) is 4.79 Å². The molecule has 1 aromatic heterocycles. The van der Waals surface area contributed by atoms with Gasteiger partial charge in [-0.15, -0.1) is 11.3 Å². The van der Waals surface area contributed by atoms with Crippen molar-refractivity contribution >= 4 is 22.4 Å². The molecule has 1 saturated carbocycles. The lowest BCUT2D eigenvalue weighted by Crippen LogP contribution is -2.37. The van der Waals surface area contributed by atoms with E-state index in [1.54, 1.807) is 14.2 Å². The van der Waals surface area contributed by atoms with Crippen molar-refractivity contribution in [1.29, 1.82) is 0 Å². The molecule has 0 aliphatic heterocycles. The van der Waals surface area contributed by atoms with Gasteiger partial charge in [0, 0.05) is 10.9 Å². The molecule has 0 atom stereocenters. The van der Waals surface area contributed by atoms with Gasteiger partial charge < -0.3 is 20.5 Å². The molecule has 0 spiro atoms. The number of aromatic nitrogens is 1. The first-order valence-electron chi connectivity index (χ1n) is 6.84. The highest BCUT2D eigenvalue weighted by molar-refractivity contribution is 7.14. The van der Waals surface area contributed by atoms with Crippen LogP contribution in [-0.2, 0) is 4.79 Å². The van der Waals surface area contributed by atoms with Crippen LogP contribution in [0.4, 0.5) is 5.13 Å². The van der Waals surface area contributed by atoms with Crippen molar-refractivity contribution in [2.45, 2.75) is 18.4 Å². The zero-order chi connectivity index (χ0) is 15.7. The van der Waals surface area contributed by atoms with E-state index in [1.807, 2.05) is 23.6 Å². The summed E-state index contributed by atoms with van der Waals surface area (Å²) in [5.41, 5.74) is 6.82. The maximum absolute atomic E-state index is 11.9. The van der Waals surface area contributed by atoms with Crippen molar-refractivity contribution < 1.29 is 14.3 Å². The fourth-order valence-electron chi connectivity index (χ4n) is 2.04. The van der Waals surface area contributed by atoms with Gasteiger partial charge in [-0.05, 0) is 31.0 Å². The highest BCUT2D eigenvalue weighted by atomic mass is 32.1. The summed E-state index contributed by atoms with van der Waals surface area (Å²) >= 11 is 1.37. The molecule has 7 heteroatoms. The molecular formula is C15H17N3O3S. The third kappa shape index (κ3) is 2.77. The molecule has 116 valence electrons. The van der Waals surface area contributed by atoms with E-state index in [1.165, 1.54) is 11.3 Å². The van der Waals surface area contributed by atoms with Crippen molar-refractivity contribution in [2.24, 2.45) is 5.73 Å². The molecule has 3 N–H and O–H groups in total. The number of anilines is 1. The Hall–Kier alpha value is -2.12. The minimum atomic E-state index is -0.699. The van der Waals surface area contributed by atoms with Gasteiger partial charge >= 0.3 is 0 Å². The summed E-state index contributed by atoms with van der Waals surface area (Å²) in [6, 6.07) is 5.57. The van der Waals surface area contributed by atoms with Crippen LogP contribution >= 0.6 is 11.3 Å². The molecule has 1 aliphatic carbocycles. The Morgan fingerprint density at radius 2 is 2.05 bits per heavy atom. The van der Waals surface area contributed by atoms with Gasteiger partial charge in [0.2, 0.25) is 5.91 Å². The number of rotatable bonds is 5. The molecule has 0 saturated heterocycles. The molecule has 3 rings (SSSR count). The second-order valence-corrected chi connectivity index (χ2v) is 6.08. The van der Waals surface area contributed by atoms with E-state index in [-0.39, 0.29) is 5.91 Å². The first kappa shape index (κ1) is 14.8. The highest BCUT2D eigenvalue weighted by Gasteiger charge is 2.46. The number of nitrogens with zero attached hydrogens (tertiary/aromatic N) is 1. The van der Waals surface area contributed by atoms with Crippen LogP contribution in [0.25, 0.3) is 11.3 Å². The normalized spacial score (nSPS) is 15.2. The first-order valence-corrected chi connectivity index (χ1v) is 7.72. The largest absolute Gasteiger partial charge is 0.493 e. The van der Waals surface area contributed by atoms with Gasteiger partial charge in [-0.2, -0.15) is 0 Å². The monoisotopic (exact) mass is 319 g/mol. The highest BCUT2D eigenvalue weighted by Crippen LogP contribution is 2.35. The summed E-state index contributed by atoms with van der Waals surface area (Å²) < 4.78 is 10.5. The summed E-state index contributed by atoms with van der Waals surface area (Å²) in [6.45, 7) is 0. The fraction of sp³-hybridized carbons (Fsp3) is 0.333. The lowest BCUT2D eigenvalue weighted by molar-refractivity contribution is -0.118. The minimum absolute atomic E-state index is 0.166. The van der Waals surface area contributed by atoms with Gasteiger partial charge in [-0.25, -0.2) is 4.98 Å². The van der Waals surface area contributed by atoms with Crippen molar-refractivity contribution in [2.75, 3.05) is 19.5 Å². The average Bonchev–Trinajstić information content (AvgIpc) is 3.12. The number of nitrogens with two attached hydrogens (primary N) is 1. The van der Waals surface area contributed by atoms with Crippen LogP contribution in [0.3, 0.4) is 0 Å². The number of nitrogens with one attached hydrogen (secondary N) is 1. The molecule has 1 aromatic carbocycles. The smallest absolute Gasteiger partial charge is 0.246 e. The van der Waals surface area contributed by atoms with Crippen LogP contribution in [0, 0.1) is 0 Å². The molecule has 6 nitrogen and oxygen atoms in total. The number of hydrogen-bond acceptors (Lipinski definition) is 6. The molecule has 1 fully saturated rings. The van der Waals surface area contributed by atoms with E-state index in [9.17, 15) is 4.79 Å². The van der Waals surface area contributed by atoms with Crippen LogP contribution in [0.2, 0.25) is 0 Å². The minimum Gasteiger partial charge on any atom is -0.493 e. The molecule has 0 bridgehead atoms. The Morgan fingerprint density at radius 3 is 2.68 bits per heavy atom. The predicted octanol–water partition coefficient (Wildman–Crippen LogP) is 2.26. The van der Waals surface area contributed by atoms with Gasteiger partial charge in [0.05, 0.1) is 25.5 Å². The number of carbonyl (C=O) groups is 1. The second-order valence-electron chi connectivity index (χ2n) is 5.22. The Balaban J connectivity index is 1.80. The Labute approximate surface area is 132 Å². The first-order chi connectivity index (χ1) is 10.6. The van der Waals surface area contributed by atoms with E-state index >= 15 is 0 Å². The number of benzene rings is 1. The Morgan fingerprint density at radius 1 is 1.32 bits per heavy atom. The van der Waals surface area contributed by atoms with E-state index < -0.39 is 5.54 Å². The van der Waals surface area contributed by atoms with Crippen molar-refractivity contribution in [3.8, 4) is 22.8 Å². The SMILES string of the molecule is COc1ccc(-c2csc(NC(=O)C3(N)CC3)n2)cc1OC. The number of carbonyl (C=O) groups excluding carboxylic acids is 1.